The summed E-state index contributed by atoms with van der Waals surface area (Å²) >= 11 is 0. The predicted octanol–water partition coefficient (Wildman–Crippen LogP) is 4.40. The summed E-state index contributed by atoms with van der Waals surface area (Å²) in [7, 11) is 0. The van der Waals surface area contributed by atoms with Gasteiger partial charge >= 0.3 is 0 Å². The molecule has 3 nitrogen and oxygen atoms in total. The van der Waals surface area contributed by atoms with Gasteiger partial charge in [0.15, 0.2) is 0 Å². The molecule has 3 heterocycles. The van der Waals surface area contributed by atoms with Gasteiger partial charge in [0.05, 0.1) is 0 Å². The molecule has 1 aliphatic rings. The van der Waals surface area contributed by atoms with E-state index in [9.17, 15) is 0 Å². The Morgan fingerprint density at radius 2 is 2.08 bits per heavy atom. The van der Waals surface area contributed by atoms with Crippen LogP contribution in [0.3, 0.4) is 0 Å². The lowest BCUT2D eigenvalue weighted by Gasteiger charge is -2.41. The summed E-state index contributed by atoms with van der Waals surface area (Å²) in [4.78, 5) is 10.2. The minimum absolute atomic E-state index is 0.667. The van der Waals surface area contributed by atoms with Gasteiger partial charge in [-0.15, -0.1) is 0 Å². The Kier molecular flexibility index (Phi) is 3.69. The highest BCUT2D eigenvalue weighted by Gasteiger charge is 2.26. The molecule has 0 saturated carbocycles. The summed E-state index contributed by atoms with van der Waals surface area (Å²) in [6.07, 6.45) is 6.94. The number of H-pyrrole nitrogens is 1. The standard InChI is InChI=1S/C21H21N3/c1-3-15(2)24-13-17(14-24)9-16-10-19-20(12-23-21(19)22-11-16)18-7-5-4-6-8-18/h3-8,10-12,17H,1-2,9,13-14H2,(H,22,23). The molecule has 120 valence electrons. The number of hydrogen-bond acceptors (Lipinski definition) is 2. The number of likely N-dealkylation sites (tertiary alicyclic amines) is 1. The lowest BCUT2D eigenvalue weighted by atomic mass is 9.92. The maximum atomic E-state index is 4.61. The second kappa shape index (κ2) is 6.00. The molecule has 0 amide bonds. The highest BCUT2D eigenvalue weighted by atomic mass is 15.2. The number of nitrogens with zero attached hydrogens (tertiary/aromatic N) is 2. The SMILES string of the molecule is C=CC(=C)N1CC(Cc2cnc3[nH]cc(-c4ccccc4)c3c2)C1. The summed E-state index contributed by atoms with van der Waals surface area (Å²) in [6, 6.07) is 12.7. The number of aromatic amines is 1. The monoisotopic (exact) mass is 315 g/mol. The van der Waals surface area contributed by atoms with Crippen molar-refractivity contribution in [3.05, 3.63) is 79.3 Å². The van der Waals surface area contributed by atoms with E-state index in [0.29, 0.717) is 5.92 Å². The number of fused-ring (bicyclic) bond motifs is 1. The van der Waals surface area contributed by atoms with Crippen molar-refractivity contribution >= 4 is 11.0 Å². The van der Waals surface area contributed by atoms with Crippen molar-refractivity contribution in [1.29, 1.82) is 0 Å². The maximum Gasteiger partial charge on any atom is 0.137 e. The fraction of sp³-hybridized carbons (Fsp3) is 0.190. The second-order valence-corrected chi connectivity index (χ2v) is 6.48. The van der Waals surface area contributed by atoms with Gasteiger partial charge in [-0.3, -0.25) is 0 Å². The Balaban J connectivity index is 1.55. The fourth-order valence-corrected chi connectivity index (χ4v) is 3.41. The lowest BCUT2D eigenvalue weighted by Crippen LogP contribution is -2.46. The molecule has 2 aromatic heterocycles. The van der Waals surface area contributed by atoms with Gasteiger partial charge in [-0.05, 0) is 35.6 Å². The maximum absolute atomic E-state index is 4.61. The Morgan fingerprint density at radius 3 is 2.83 bits per heavy atom. The van der Waals surface area contributed by atoms with E-state index < -0.39 is 0 Å². The van der Waals surface area contributed by atoms with E-state index in [-0.39, 0.29) is 0 Å². The normalized spacial score (nSPS) is 14.6. The number of aromatic nitrogens is 2. The first-order chi connectivity index (χ1) is 11.7. The molecule has 1 saturated heterocycles. The molecule has 3 aromatic rings. The summed E-state index contributed by atoms with van der Waals surface area (Å²) in [5.41, 5.74) is 5.72. The number of benzene rings is 1. The summed E-state index contributed by atoms with van der Waals surface area (Å²) < 4.78 is 0. The third-order valence-electron chi connectivity index (χ3n) is 4.80. The number of pyridine rings is 1. The molecule has 1 aliphatic heterocycles. The van der Waals surface area contributed by atoms with Gasteiger partial charge in [0.2, 0.25) is 0 Å². The smallest absolute Gasteiger partial charge is 0.137 e. The first-order valence-electron chi connectivity index (χ1n) is 8.32. The van der Waals surface area contributed by atoms with E-state index in [1.54, 1.807) is 0 Å². The van der Waals surface area contributed by atoms with Crippen molar-refractivity contribution in [2.75, 3.05) is 13.1 Å². The molecule has 3 heteroatoms. The van der Waals surface area contributed by atoms with Gasteiger partial charge in [0, 0.05) is 42.1 Å². The highest BCUT2D eigenvalue weighted by molar-refractivity contribution is 5.93. The van der Waals surface area contributed by atoms with Crippen LogP contribution in [-0.4, -0.2) is 28.0 Å². The van der Waals surface area contributed by atoms with E-state index in [2.05, 4.69) is 64.6 Å². The zero-order valence-electron chi connectivity index (χ0n) is 13.7. The van der Waals surface area contributed by atoms with Crippen LogP contribution < -0.4 is 0 Å². The van der Waals surface area contributed by atoms with Crippen LogP contribution in [0.15, 0.2) is 73.7 Å². The summed E-state index contributed by atoms with van der Waals surface area (Å²) in [6.45, 7) is 9.91. The Labute approximate surface area is 142 Å². The van der Waals surface area contributed by atoms with E-state index in [4.69, 9.17) is 0 Å². The van der Waals surface area contributed by atoms with Gasteiger partial charge in [0.25, 0.3) is 0 Å². The van der Waals surface area contributed by atoms with Gasteiger partial charge < -0.3 is 9.88 Å². The molecular weight excluding hydrogens is 294 g/mol. The van der Waals surface area contributed by atoms with Gasteiger partial charge in [-0.1, -0.05) is 43.5 Å². The zero-order valence-corrected chi connectivity index (χ0v) is 13.7. The van der Waals surface area contributed by atoms with E-state index in [1.807, 2.05) is 18.3 Å². The molecule has 0 spiro atoms. The molecule has 0 bridgehead atoms. The number of rotatable bonds is 5. The predicted molar refractivity (Wildman–Crippen MR) is 99.6 cm³/mol. The minimum atomic E-state index is 0.667. The van der Waals surface area contributed by atoms with Crippen LogP contribution in [0.1, 0.15) is 5.56 Å². The third-order valence-corrected chi connectivity index (χ3v) is 4.80. The van der Waals surface area contributed by atoms with Crippen LogP contribution in [0.5, 0.6) is 0 Å². The average Bonchev–Trinajstić information content (AvgIpc) is 3.01. The van der Waals surface area contributed by atoms with Gasteiger partial charge in [0.1, 0.15) is 5.65 Å². The molecule has 1 aromatic carbocycles. The van der Waals surface area contributed by atoms with E-state index >= 15 is 0 Å². The van der Waals surface area contributed by atoms with Crippen LogP contribution in [-0.2, 0) is 6.42 Å². The van der Waals surface area contributed by atoms with Crippen molar-refractivity contribution in [1.82, 2.24) is 14.9 Å². The van der Waals surface area contributed by atoms with Crippen LogP contribution in [0.2, 0.25) is 0 Å². The van der Waals surface area contributed by atoms with Gasteiger partial charge in [-0.2, -0.15) is 0 Å². The van der Waals surface area contributed by atoms with E-state index in [1.165, 1.54) is 22.1 Å². The second-order valence-electron chi connectivity index (χ2n) is 6.48. The molecule has 0 aliphatic carbocycles. The number of hydrogen-bond donors (Lipinski definition) is 1. The first kappa shape index (κ1) is 14.8. The van der Waals surface area contributed by atoms with Gasteiger partial charge in [-0.25, -0.2) is 4.98 Å². The number of nitrogens with one attached hydrogen (secondary N) is 1. The largest absolute Gasteiger partial charge is 0.371 e. The van der Waals surface area contributed by atoms with Crippen molar-refractivity contribution in [3.8, 4) is 11.1 Å². The van der Waals surface area contributed by atoms with Crippen molar-refractivity contribution in [2.45, 2.75) is 6.42 Å². The molecule has 0 radical (unpaired) electrons. The Bertz CT molecular complexity index is 886. The van der Waals surface area contributed by atoms with Crippen LogP contribution in [0.25, 0.3) is 22.2 Å². The molecule has 0 atom stereocenters. The first-order valence-corrected chi connectivity index (χ1v) is 8.32. The molecule has 1 N–H and O–H groups in total. The fourth-order valence-electron chi connectivity index (χ4n) is 3.41. The topological polar surface area (TPSA) is 31.9 Å². The lowest BCUT2D eigenvalue weighted by molar-refractivity contribution is 0.149. The van der Waals surface area contributed by atoms with Crippen molar-refractivity contribution in [3.63, 3.8) is 0 Å². The van der Waals surface area contributed by atoms with Crippen LogP contribution in [0.4, 0.5) is 0 Å². The summed E-state index contributed by atoms with van der Waals surface area (Å²) in [5, 5.41) is 1.20. The van der Waals surface area contributed by atoms with Crippen LogP contribution in [0, 0.1) is 5.92 Å². The van der Waals surface area contributed by atoms with Crippen molar-refractivity contribution in [2.24, 2.45) is 5.92 Å². The highest BCUT2D eigenvalue weighted by Crippen LogP contribution is 2.30. The average molecular weight is 315 g/mol. The molecule has 4 rings (SSSR count). The quantitative estimate of drug-likeness (QED) is 0.708. The molecule has 1 fully saturated rings. The Morgan fingerprint density at radius 1 is 1.29 bits per heavy atom. The van der Waals surface area contributed by atoms with Crippen molar-refractivity contribution < 1.29 is 0 Å². The van der Waals surface area contributed by atoms with E-state index in [0.717, 1.165) is 30.9 Å². The molecular formula is C21H21N3. The zero-order chi connectivity index (χ0) is 16.5. The Hall–Kier alpha value is -2.81. The summed E-state index contributed by atoms with van der Waals surface area (Å²) in [5.74, 6) is 0.667. The van der Waals surface area contributed by atoms with Crippen LogP contribution >= 0.6 is 0 Å². The minimum Gasteiger partial charge on any atom is -0.371 e. The third kappa shape index (κ3) is 2.62. The number of allylic oxidation sites excluding steroid dienone is 1. The molecule has 0 unspecified atom stereocenters. The molecule has 24 heavy (non-hydrogen) atoms.